The van der Waals surface area contributed by atoms with Gasteiger partial charge in [-0.3, -0.25) is 10.1 Å². The molecule has 0 bridgehead atoms. The van der Waals surface area contributed by atoms with Crippen LogP contribution in [0.25, 0.3) is 23.2 Å². The first-order chi connectivity index (χ1) is 10.5. The van der Waals surface area contributed by atoms with Gasteiger partial charge in [0.2, 0.25) is 0 Å². The lowest BCUT2D eigenvalue weighted by atomic mass is 10.2. The Bertz CT molecular complexity index is 903. The van der Waals surface area contributed by atoms with Crippen LogP contribution in [-0.2, 0) is 0 Å². The minimum absolute atomic E-state index is 0.0208. The Kier molecular flexibility index (Phi) is 3.83. The number of H-pyrrole nitrogens is 1. The number of nitrogens with one attached hydrogen (secondary N) is 1. The van der Waals surface area contributed by atoms with Gasteiger partial charge < -0.3 is 4.98 Å². The van der Waals surface area contributed by atoms with E-state index in [4.69, 9.17) is 23.2 Å². The van der Waals surface area contributed by atoms with Crippen molar-refractivity contribution in [2.24, 2.45) is 0 Å². The van der Waals surface area contributed by atoms with E-state index in [-0.39, 0.29) is 5.69 Å². The van der Waals surface area contributed by atoms with Crippen LogP contribution in [0.3, 0.4) is 0 Å². The molecule has 3 rings (SSSR count). The monoisotopic (exact) mass is 333 g/mol. The SMILES string of the molecule is O=[N+]([O-])c1ccc2nc(/C=C/c3ccc(Cl)cc3Cl)[nH]c2c1. The predicted octanol–water partition coefficient (Wildman–Crippen LogP) is 4.95. The van der Waals surface area contributed by atoms with E-state index in [9.17, 15) is 10.1 Å². The highest BCUT2D eigenvalue weighted by Crippen LogP contribution is 2.23. The van der Waals surface area contributed by atoms with Gasteiger partial charge in [0.25, 0.3) is 5.69 Å². The van der Waals surface area contributed by atoms with Gasteiger partial charge in [-0.1, -0.05) is 29.3 Å². The number of nitrogens with zero attached hydrogens (tertiary/aromatic N) is 2. The van der Waals surface area contributed by atoms with Crippen molar-refractivity contribution in [1.29, 1.82) is 0 Å². The Hall–Kier alpha value is -2.37. The summed E-state index contributed by atoms with van der Waals surface area (Å²) in [6.07, 6.45) is 3.55. The van der Waals surface area contributed by atoms with Crippen LogP contribution < -0.4 is 0 Å². The van der Waals surface area contributed by atoms with Gasteiger partial charge in [-0.2, -0.15) is 0 Å². The van der Waals surface area contributed by atoms with Crippen molar-refractivity contribution in [3.63, 3.8) is 0 Å². The van der Waals surface area contributed by atoms with Gasteiger partial charge in [0.1, 0.15) is 5.82 Å². The highest BCUT2D eigenvalue weighted by molar-refractivity contribution is 6.35. The number of hydrogen-bond donors (Lipinski definition) is 1. The van der Waals surface area contributed by atoms with Crippen LogP contribution >= 0.6 is 23.2 Å². The molecule has 0 saturated heterocycles. The molecular weight excluding hydrogens is 325 g/mol. The van der Waals surface area contributed by atoms with E-state index in [0.29, 0.717) is 26.9 Å². The van der Waals surface area contributed by atoms with Gasteiger partial charge >= 0.3 is 0 Å². The molecule has 0 aliphatic carbocycles. The van der Waals surface area contributed by atoms with Crippen LogP contribution in [0.4, 0.5) is 5.69 Å². The maximum atomic E-state index is 10.8. The summed E-state index contributed by atoms with van der Waals surface area (Å²) >= 11 is 11.9. The van der Waals surface area contributed by atoms with E-state index in [1.165, 1.54) is 12.1 Å². The smallest absolute Gasteiger partial charge is 0.271 e. The number of nitro benzene ring substituents is 1. The fraction of sp³-hybridized carbons (Fsp3) is 0. The van der Waals surface area contributed by atoms with Gasteiger partial charge in [-0.25, -0.2) is 4.98 Å². The van der Waals surface area contributed by atoms with E-state index in [1.807, 2.05) is 0 Å². The van der Waals surface area contributed by atoms with Crippen LogP contribution in [0.2, 0.25) is 10.0 Å². The third kappa shape index (κ3) is 2.95. The summed E-state index contributed by atoms with van der Waals surface area (Å²) in [5.74, 6) is 0.585. The summed E-state index contributed by atoms with van der Waals surface area (Å²) < 4.78 is 0. The van der Waals surface area contributed by atoms with Crippen molar-refractivity contribution in [3.8, 4) is 0 Å². The Labute approximate surface area is 135 Å². The number of aromatic amines is 1. The number of non-ortho nitro benzene ring substituents is 1. The largest absolute Gasteiger partial charge is 0.338 e. The Morgan fingerprint density at radius 3 is 2.68 bits per heavy atom. The van der Waals surface area contributed by atoms with E-state index in [2.05, 4.69) is 9.97 Å². The van der Waals surface area contributed by atoms with Gasteiger partial charge in [0.15, 0.2) is 0 Å². The second kappa shape index (κ2) is 5.79. The molecule has 1 aromatic heterocycles. The van der Waals surface area contributed by atoms with Gasteiger partial charge in [0, 0.05) is 22.2 Å². The maximum absolute atomic E-state index is 10.8. The molecule has 3 aromatic rings. The second-order valence-electron chi connectivity index (χ2n) is 4.58. The van der Waals surface area contributed by atoms with E-state index < -0.39 is 4.92 Å². The zero-order valence-electron chi connectivity index (χ0n) is 11.1. The molecule has 0 spiro atoms. The molecule has 1 heterocycles. The fourth-order valence-electron chi connectivity index (χ4n) is 2.02. The first kappa shape index (κ1) is 14.6. The van der Waals surface area contributed by atoms with Crippen LogP contribution in [0.5, 0.6) is 0 Å². The summed E-state index contributed by atoms with van der Waals surface area (Å²) in [4.78, 5) is 17.7. The number of benzene rings is 2. The van der Waals surface area contributed by atoms with Gasteiger partial charge in [0.05, 0.1) is 16.0 Å². The topological polar surface area (TPSA) is 71.8 Å². The Morgan fingerprint density at radius 1 is 1.14 bits per heavy atom. The fourth-order valence-corrected chi connectivity index (χ4v) is 2.49. The minimum atomic E-state index is -0.441. The van der Waals surface area contributed by atoms with Gasteiger partial charge in [-0.05, 0) is 35.9 Å². The summed E-state index contributed by atoms with van der Waals surface area (Å²) in [7, 11) is 0. The van der Waals surface area contributed by atoms with Crippen molar-refractivity contribution in [1.82, 2.24) is 9.97 Å². The van der Waals surface area contributed by atoms with Crippen molar-refractivity contribution < 1.29 is 4.92 Å². The van der Waals surface area contributed by atoms with Crippen LogP contribution in [0.15, 0.2) is 36.4 Å². The normalized spacial score (nSPS) is 11.4. The Morgan fingerprint density at radius 2 is 1.95 bits per heavy atom. The molecule has 22 heavy (non-hydrogen) atoms. The average Bonchev–Trinajstić information content (AvgIpc) is 2.88. The Balaban J connectivity index is 1.93. The lowest BCUT2D eigenvalue weighted by Gasteiger charge is -1.97. The third-order valence-electron chi connectivity index (χ3n) is 3.08. The number of hydrogen-bond acceptors (Lipinski definition) is 3. The third-order valence-corrected chi connectivity index (χ3v) is 3.64. The van der Waals surface area contributed by atoms with Crippen LogP contribution in [0.1, 0.15) is 11.4 Å². The van der Waals surface area contributed by atoms with Crippen molar-refractivity contribution >= 4 is 52.1 Å². The molecule has 0 radical (unpaired) electrons. The summed E-state index contributed by atoms with van der Waals surface area (Å²) in [6.45, 7) is 0. The van der Waals surface area contributed by atoms with Crippen molar-refractivity contribution in [3.05, 3.63) is 67.9 Å². The van der Waals surface area contributed by atoms with Gasteiger partial charge in [-0.15, -0.1) is 0 Å². The molecule has 0 atom stereocenters. The molecule has 110 valence electrons. The first-order valence-electron chi connectivity index (χ1n) is 6.30. The summed E-state index contributed by atoms with van der Waals surface area (Å²) in [5, 5.41) is 11.9. The standard InChI is InChI=1S/C15H9Cl2N3O2/c16-10-3-1-9(12(17)7-10)2-6-15-18-13-5-4-11(20(21)22)8-14(13)19-15/h1-8H,(H,18,19)/b6-2+. The second-order valence-corrected chi connectivity index (χ2v) is 5.42. The van der Waals surface area contributed by atoms with Crippen LogP contribution in [0, 0.1) is 10.1 Å². The minimum Gasteiger partial charge on any atom is -0.338 e. The van der Waals surface area contributed by atoms with Crippen molar-refractivity contribution in [2.75, 3.05) is 0 Å². The molecule has 2 aromatic carbocycles. The summed E-state index contributed by atoms with van der Waals surface area (Å²) in [5.41, 5.74) is 2.09. The number of halogens is 2. The lowest BCUT2D eigenvalue weighted by molar-refractivity contribution is -0.384. The molecule has 0 fully saturated rings. The number of aromatic nitrogens is 2. The summed E-state index contributed by atoms with van der Waals surface area (Å²) in [6, 6.07) is 9.69. The molecule has 5 nitrogen and oxygen atoms in total. The number of rotatable bonds is 3. The molecule has 0 saturated carbocycles. The zero-order chi connectivity index (χ0) is 15.7. The predicted molar refractivity (Wildman–Crippen MR) is 88.1 cm³/mol. The van der Waals surface area contributed by atoms with Crippen molar-refractivity contribution in [2.45, 2.75) is 0 Å². The maximum Gasteiger partial charge on any atom is 0.271 e. The highest BCUT2D eigenvalue weighted by atomic mass is 35.5. The molecular formula is C15H9Cl2N3O2. The van der Waals surface area contributed by atoms with E-state index in [1.54, 1.807) is 36.4 Å². The number of nitro groups is 1. The quantitative estimate of drug-likeness (QED) is 0.544. The molecule has 0 unspecified atom stereocenters. The molecule has 0 aliphatic heterocycles. The molecule has 0 aliphatic rings. The molecule has 0 amide bonds. The lowest BCUT2D eigenvalue weighted by Crippen LogP contribution is -1.86. The zero-order valence-corrected chi connectivity index (χ0v) is 12.6. The van der Waals surface area contributed by atoms with Crippen LogP contribution in [-0.4, -0.2) is 14.9 Å². The average molecular weight is 334 g/mol. The molecule has 1 N–H and O–H groups in total. The van der Waals surface area contributed by atoms with E-state index in [0.717, 1.165) is 5.56 Å². The number of fused-ring (bicyclic) bond motifs is 1. The highest BCUT2D eigenvalue weighted by Gasteiger charge is 2.08. The molecule has 7 heteroatoms. The van der Waals surface area contributed by atoms with E-state index >= 15 is 0 Å². The first-order valence-corrected chi connectivity index (χ1v) is 7.06. The number of imidazole rings is 1.